The highest BCUT2D eigenvalue weighted by atomic mass is 16.5. The van der Waals surface area contributed by atoms with Gasteiger partial charge in [0.25, 0.3) is 0 Å². The number of aromatic amines is 1. The molecule has 0 unspecified atom stereocenters. The Morgan fingerprint density at radius 2 is 1.96 bits per heavy atom. The molecule has 3 aromatic rings. The van der Waals surface area contributed by atoms with Gasteiger partial charge in [-0.3, -0.25) is 0 Å². The fourth-order valence-corrected chi connectivity index (χ4v) is 3.26. The number of carbonyl (C=O) groups excluding carboxylic acids is 1. The Hall–Kier alpha value is -2.82. The van der Waals surface area contributed by atoms with E-state index < -0.39 is 0 Å². The summed E-state index contributed by atoms with van der Waals surface area (Å²) in [6.45, 7) is 8.67. The molecule has 0 aliphatic carbocycles. The normalized spacial score (nSPS) is 11.6. The number of hydrogen-bond donors (Lipinski definition) is 1. The molecule has 3 rings (SSSR count). The third kappa shape index (κ3) is 3.97. The van der Waals surface area contributed by atoms with Crippen molar-refractivity contribution in [1.29, 1.82) is 0 Å². The lowest BCUT2D eigenvalue weighted by atomic mass is 9.87. The van der Waals surface area contributed by atoms with Crippen molar-refractivity contribution in [3.05, 3.63) is 59.0 Å². The number of hydrogen-bond acceptors (Lipinski definition) is 4. The number of nitrogens with one attached hydrogen (secondary N) is 1. The zero-order valence-corrected chi connectivity index (χ0v) is 16.6. The van der Waals surface area contributed by atoms with Crippen LogP contribution in [0.25, 0.3) is 10.9 Å². The molecule has 0 aliphatic rings. The van der Waals surface area contributed by atoms with Gasteiger partial charge in [0, 0.05) is 40.2 Å². The van der Waals surface area contributed by atoms with Gasteiger partial charge in [-0.15, -0.1) is 0 Å². The Labute approximate surface area is 159 Å². The first kappa shape index (κ1) is 19.0. The second-order valence-corrected chi connectivity index (χ2v) is 7.55. The summed E-state index contributed by atoms with van der Waals surface area (Å²) >= 11 is 0. The van der Waals surface area contributed by atoms with Crippen LogP contribution < -0.4 is 4.74 Å². The zero-order chi connectivity index (χ0) is 19.6. The number of rotatable bonds is 5. The molecule has 2 aromatic heterocycles. The molecule has 5 nitrogen and oxygen atoms in total. The lowest BCUT2D eigenvalue weighted by molar-refractivity contribution is 0.0519. The summed E-state index contributed by atoms with van der Waals surface area (Å²) < 4.78 is 10.4. The maximum Gasteiger partial charge on any atom is 0.356 e. The minimum absolute atomic E-state index is 0.0552. The van der Waals surface area contributed by atoms with Gasteiger partial charge >= 0.3 is 5.97 Å². The standard InChI is InChI=1S/C22H26N2O3/c1-6-27-21(25)18-9-7-8-14(23-18)12-17-16-11-10-15(26-5)13-19(16)24-20(17)22(2,3)4/h7-11,13,24H,6,12H2,1-5H3. The summed E-state index contributed by atoms with van der Waals surface area (Å²) in [5.41, 5.74) is 4.51. The third-order valence-corrected chi connectivity index (χ3v) is 4.51. The fraction of sp³-hybridized carbons (Fsp3) is 0.364. The Balaban J connectivity index is 2.06. The van der Waals surface area contributed by atoms with E-state index in [1.165, 1.54) is 5.56 Å². The van der Waals surface area contributed by atoms with Gasteiger partial charge in [-0.2, -0.15) is 0 Å². The van der Waals surface area contributed by atoms with Crippen LogP contribution in [0.2, 0.25) is 0 Å². The predicted octanol–water partition coefficient (Wildman–Crippen LogP) is 4.64. The summed E-state index contributed by atoms with van der Waals surface area (Å²) in [5.74, 6) is 0.428. The maximum absolute atomic E-state index is 12.0. The van der Waals surface area contributed by atoms with Gasteiger partial charge in [-0.25, -0.2) is 9.78 Å². The van der Waals surface area contributed by atoms with Crippen LogP contribution in [0, 0.1) is 0 Å². The molecule has 2 heterocycles. The first-order valence-electron chi connectivity index (χ1n) is 9.15. The number of nitrogens with zero attached hydrogens (tertiary/aromatic N) is 1. The van der Waals surface area contributed by atoms with Crippen molar-refractivity contribution in [3.63, 3.8) is 0 Å². The number of carbonyl (C=O) groups is 1. The van der Waals surface area contributed by atoms with E-state index in [2.05, 4.69) is 36.8 Å². The summed E-state index contributed by atoms with van der Waals surface area (Å²) in [6.07, 6.45) is 0.631. The van der Waals surface area contributed by atoms with Crippen LogP contribution in [-0.4, -0.2) is 29.7 Å². The van der Waals surface area contributed by atoms with Gasteiger partial charge < -0.3 is 14.5 Å². The van der Waals surface area contributed by atoms with Crippen molar-refractivity contribution in [3.8, 4) is 5.75 Å². The molecule has 5 heteroatoms. The molecular formula is C22H26N2O3. The Bertz CT molecular complexity index is 967. The Kier molecular flexibility index (Phi) is 5.22. The number of esters is 1. The average Bonchev–Trinajstić information content (AvgIpc) is 3.00. The average molecular weight is 366 g/mol. The first-order valence-corrected chi connectivity index (χ1v) is 9.15. The SMILES string of the molecule is CCOC(=O)c1cccc(Cc2c(C(C)(C)C)[nH]c3cc(OC)ccc23)n1. The molecule has 1 aromatic carbocycles. The minimum Gasteiger partial charge on any atom is -0.497 e. The predicted molar refractivity (Wildman–Crippen MR) is 107 cm³/mol. The van der Waals surface area contributed by atoms with Gasteiger partial charge in [0.2, 0.25) is 0 Å². The summed E-state index contributed by atoms with van der Waals surface area (Å²) in [6, 6.07) is 11.5. The number of ether oxygens (including phenoxy) is 2. The second-order valence-electron chi connectivity index (χ2n) is 7.55. The molecule has 0 aliphatic heterocycles. The van der Waals surface area contributed by atoms with E-state index >= 15 is 0 Å². The lowest BCUT2D eigenvalue weighted by Crippen LogP contribution is -2.15. The topological polar surface area (TPSA) is 64.2 Å². The van der Waals surface area contributed by atoms with E-state index in [1.54, 1.807) is 20.1 Å². The number of aromatic nitrogens is 2. The minimum atomic E-state index is -0.390. The van der Waals surface area contributed by atoms with Crippen LogP contribution in [0.5, 0.6) is 5.75 Å². The molecule has 0 atom stereocenters. The van der Waals surface area contributed by atoms with Crippen molar-refractivity contribution in [2.24, 2.45) is 0 Å². The fourth-order valence-electron chi connectivity index (χ4n) is 3.26. The van der Waals surface area contributed by atoms with Gasteiger partial charge in [-0.1, -0.05) is 26.8 Å². The van der Waals surface area contributed by atoms with Crippen molar-refractivity contribution < 1.29 is 14.3 Å². The Morgan fingerprint density at radius 3 is 2.63 bits per heavy atom. The van der Waals surface area contributed by atoms with Gasteiger partial charge in [0.15, 0.2) is 0 Å². The molecule has 0 radical (unpaired) electrons. The van der Waals surface area contributed by atoms with Crippen LogP contribution in [0.15, 0.2) is 36.4 Å². The number of methoxy groups -OCH3 is 1. The molecule has 0 saturated carbocycles. The lowest BCUT2D eigenvalue weighted by Gasteiger charge is -2.19. The summed E-state index contributed by atoms with van der Waals surface area (Å²) in [7, 11) is 1.67. The largest absolute Gasteiger partial charge is 0.497 e. The van der Waals surface area contributed by atoms with Crippen LogP contribution >= 0.6 is 0 Å². The third-order valence-electron chi connectivity index (χ3n) is 4.51. The molecule has 0 fully saturated rings. The highest BCUT2D eigenvalue weighted by Gasteiger charge is 2.23. The monoisotopic (exact) mass is 366 g/mol. The molecule has 27 heavy (non-hydrogen) atoms. The van der Waals surface area contributed by atoms with E-state index in [0.717, 1.165) is 28.0 Å². The first-order chi connectivity index (χ1) is 12.8. The maximum atomic E-state index is 12.0. The second kappa shape index (κ2) is 7.43. The quantitative estimate of drug-likeness (QED) is 0.668. The van der Waals surface area contributed by atoms with Gasteiger partial charge in [0.05, 0.1) is 13.7 Å². The Morgan fingerprint density at radius 1 is 1.19 bits per heavy atom. The van der Waals surface area contributed by atoms with Crippen LogP contribution in [0.1, 0.15) is 55.1 Å². The van der Waals surface area contributed by atoms with Crippen molar-refractivity contribution in [2.75, 3.05) is 13.7 Å². The molecule has 0 saturated heterocycles. The van der Waals surface area contributed by atoms with Gasteiger partial charge in [0.1, 0.15) is 11.4 Å². The molecule has 142 valence electrons. The van der Waals surface area contributed by atoms with Crippen molar-refractivity contribution >= 4 is 16.9 Å². The molecule has 0 amide bonds. The number of H-pyrrole nitrogens is 1. The van der Waals surface area contributed by atoms with E-state index in [1.807, 2.05) is 24.3 Å². The van der Waals surface area contributed by atoms with Crippen LogP contribution in [0.3, 0.4) is 0 Å². The molecular weight excluding hydrogens is 340 g/mol. The highest BCUT2D eigenvalue weighted by molar-refractivity contribution is 5.88. The summed E-state index contributed by atoms with van der Waals surface area (Å²) in [4.78, 5) is 20.1. The zero-order valence-electron chi connectivity index (χ0n) is 16.6. The summed E-state index contributed by atoms with van der Waals surface area (Å²) in [5, 5.41) is 1.14. The highest BCUT2D eigenvalue weighted by Crippen LogP contribution is 2.34. The van der Waals surface area contributed by atoms with Gasteiger partial charge in [-0.05, 0) is 36.8 Å². The molecule has 1 N–H and O–H groups in total. The molecule has 0 spiro atoms. The van der Waals surface area contributed by atoms with Crippen LogP contribution in [0.4, 0.5) is 0 Å². The number of benzene rings is 1. The number of fused-ring (bicyclic) bond motifs is 1. The van der Waals surface area contributed by atoms with E-state index in [4.69, 9.17) is 9.47 Å². The van der Waals surface area contributed by atoms with E-state index in [-0.39, 0.29) is 11.4 Å². The number of pyridine rings is 1. The molecule has 0 bridgehead atoms. The van der Waals surface area contributed by atoms with Crippen molar-refractivity contribution in [1.82, 2.24) is 9.97 Å². The smallest absolute Gasteiger partial charge is 0.356 e. The van der Waals surface area contributed by atoms with Crippen molar-refractivity contribution in [2.45, 2.75) is 39.5 Å². The van der Waals surface area contributed by atoms with E-state index in [0.29, 0.717) is 18.7 Å². The van der Waals surface area contributed by atoms with Crippen LogP contribution in [-0.2, 0) is 16.6 Å². The van der Waals surface area contributed by atoms with E-state index in [9.17, 15) is 4.79 Å².